The molecule has 3 aromatic carbocycles. The van der Waals surface area contributed by atoms with Gasteiger partial charge >= 0.3 is 0 Å². The van der Waals surface area contributed by atoms with E-state index in [1.165, 1.54) is 11.1 Å². The number of rotatable bonds is 4. The number of anilines is 1. The van der Waals surface area contributed by atoms with Gasteiger partial charge in [-0.2, -0.15) is 5.10 Å². The number of aryl methyl sites for hydroxylation is 1. The van der Waals surface area contributed by atoms with Gasteiger partial charge in [-0.15, -0.1) is 0 Å². The molecule has 0 radical (unpaired) electrons. The number of nitrogens with zero attached hydrogens (tertiary/aromatic N) is 1. The van der Waals surface area contributed by atoms with Gasteiger partial charge < -0.3 is 0 Å². The van der Waals surface area contributed by atoms with E-state index in [1.807, 2.05) is 36.4 Å². The second-order valence-corrected chi connectivity index (χ2v) is 6.61. The van der Waals surface area contributed by atoms with Crippen LogP contribution in [0.1, 0.15) is 22.3 Å². The van der Waals surface area contributed by atoms with Crippen LogP contribution in [-0.2, 0) is 0 Å². The zero-order valence-electron chi connectivity index (χ0n) is 13.8. The highest BCUT2D eigenvalue weighted by atomic mass is 79.9. The molecule has 3 heteroatoms. The van der Waals surface area contributed by atoms with Crippen molar-refractivity contribution in [2.24, 2.45) is 5.10 Å². The SMILES string of the molecule is Cc1cccc(NN=C(c2ccccc2)c2ccc(Br)cc2)c1C. The molecular formula is C21H19BrN2. The molecule has 0 spiro atoms. The second-order valence-electron chi connectivity index (χ2n) is 5.69. The largest absolute Gasteiger partial charge is 0.278 e. The molecule has 0 aliphatic carbocycles. The van der Waals surface area contributed by atoms with Crippen LogP contribution in [0, 0.1) is 13.8 Å². The van der Waals surface area contributed by atoms with E-state index in [4.69, 9.17) is 5.10 Å². The van der Waals surface area contributed by atoms with E-state index in [1.54, 1.807) is 0 Å². The van der Waals surface area contributed by atoms with Crippen molar-refractivity contribution >= 4 is 27.3 Å². The van der Waals surface area contributed by atoms with E-state index in [9.17, 15) is 0 Å². The lowest BCUT2D eigenvalue weighted by atomic mass is 10.0. The first kappa shape index (κ1) is 16.5. The Morgan fingerprint density at radius 1 is 0.792 bits per heavy atom. The predicted octanol–water partition coefficient (Wildman–Crippen LogP) is 5.93. The first-order chi connectivity index (χ1) is 11.6. The average molecular weight is 379 g/mol. The third-order valence-corrected chi connectivity index (χ3v) is 4.59. The Morgan fingerprint density at radius 3 is 2.17 bits per heavy atom. The Kier molecular flexibility index (Phi) is 5.11. The van der Waals surface area contributed by atoms with Crippen molar-refractivity contribution in [3.63, 3.8) is 0 Å². The van der Waals surface area contributed by atoms with Crippen LogP contribution in [-0.4, -0.2) is 5.71 Å². The van der Waals surface area contributed by atoms with Gasteiger partial charge in [0.05, 0.1) is 11.4 Å². The van der Waals surface area contributed by atoms with Gasteiger partial charge in [0.25, 0.3) is 0 Å². The Balaban J connectivity index is 2.01. The molecule has 0 atom stereocenters. The van der Waals surface area contributed by atoms with Crippen molar-refractivity contribution in [1.29, 1.82) is 0 Å². The summed E-state index contributed by atoms with van der Waals surface area (Å²) in [4.78, 5) is 0. The maximum atomic E-state index is 4.72. The zero-order chi connectivity index (χ0) is 16.9. The maximum absolute atomic E-state index is 4.72. The number of benzene rings is 3. The highest BCUT2D eigenvalue weighted by molar-refractivity contribution is 9.10. The van der Waals surface area contributed by atoms with Crippen molar-refractivity contribution in [3.8, 4) is 0 Å². The smallest absolute Gasteiger partial charge is 0.0977 e. The Labute approximate surface area is 151 Å². The van der Waals surface area contributed by atoms with Gasteiger partial charge in [-0.3, -0.25) is 5.43 Å². The normalized spacial score (nSPS) is 11.4. The first-order valence-corrected chi connectivity index (χ1v) is 8.66. The van der Waals surface area contributed by atoms with Crippen LogP contribution < -0.4 is 5.43 Å². The van der Waals surface area contributed by atoms with Crippen LogP contribution in [0.4, 0.5) is 5.69 Å². The van der Waals surface area contributed by atoms with Gasteiger partial charge in [0.1, 0.15) is 0 Å². The predicted molar refractivity (Wildman–Crippen MR) is 106 cm³/mol. The van der Waals surface area contributed by atoms with Gasteiger partial charge in [-0.1, -0.05) is 70.5 Å². The van der Waals surface area contributed by atoms with Crippen LogP contribution in [0.5, 0.6) is 0 Å². The number of hydrogen-bond donors (Lipinski definition) is 1. The molecule has 0 heterocycles. The monoisotopic (exact) mass is 378 g/mol. The summed E-state index contributed by atoms with van der Waals surface area (Å²) in [6, 6.07) is 24.6. The number of hydrogen-bond acceptors (Lipinski definition) is 2. The summed E-state index contributed by atoms with van der Waals surface area (Å²) in [5, 5.41) is 4.72. The molecule has 0 fully saturated rings. The number of nitrogens with one attached hydrogen (secondary N) is 1. The van der Waals surface area contributed by atoms with Crippen LogP contribution in [0.15, 0.2) is 82.4 Å². The summed E-state index contributed by atoms with van der Waals surface area (Å²) in [6.07, 6.45) is 0. The quantitative estimate of drug-likeness (QED) is 0.441. The molecule has 0 saturated heterocycles. The summed E-state index contributed by atoms with van der Waals surface area (Å²) in [5.74, 6) is 0. The highest BCUT2D eigenvalue weighted by Gasteiger charge is 2.08. The first-order valence-electron chi connectivity index (χ1n) is 7.86. The van der Waals surface area contributed by atoms with Gasteiger partial charge in [0.15, 0.2) is 0 Å². The van der Waals surface area contributed by atoms with E-state index < -0.39 is 0 Å². The fourth-order valence-corrected chi connectivity index (χ4v) is 2.75. The Bertz CT molecular complexity index is 853. The molecule has 120 valence electrons. The summed E-state index contributed by atoms with van der Waals surface area (Å²) >= 11 is 3.49. The topological polar surface area (TPSA) is 24.4 Å². The zero-order valence-corrected chi connectivity index (χ0v) is 15.3. The summed E-state index contributed by atoms with van der Waals surface area (Å²) in [6.45, 7) is 4.21. The Hall–Kier alpha value is -2.39. The lowest BCUT2D eigenvalue weighted by Gasteiger charge is -2.11. The molecule has 3 aromatic rings. The van der Waals surface area contributed by atoms with Crippen LogP contribution in [0.25, 0.3) is 0 Å². The van der Waals surface area contributed by atoms with Gasteiger partial charge in [-0.25, -0.2) is 0 Å². The van der Waals surface area contributed by atoms with Crippen LogP contribution in [0.2, 0.25) is 0 Å². The minimum atomic E-state index is 0.920. The summed E-state index contributed by atoms with van der Waals surface area (Å²) < 4.78 is 1.06. The molecule has 0 aliphatic heterocycles. The van der Waals surface area contributed by atoms with Crippen molar-refractivity contribution in [1.82, 2.24) is 0 Å². The van der Waals surface area contributed by atoms with Gasteiger partial charge in [0, 0.05) is 15.6 Å². The number of hydrazone groups is 1. The molecule has 0 bridgehead atoms. The van der Waals surface area contributed by atoms with Crippen molar-refractivity contribution < 1.29 is 0 Å². The van der Waals surface area contributed by atoms with Crippen LogP contribution >= 0.6 is 15.9 Å². The van der Waals surface area contributed by atoms with Crippen LogP contribution in [0.3, 0.4) is 0 Å². The molecule has 3 rings (SSSR count). The second kappa shape index (κ2) is 7.45. The molecule has 2 nitrogen and oxygen atoms in total. The highest BCUT2D eigenvalue weighted by Crippen LogP contribution is 2.20. The minimum Gasteiger partial charge on any atom is -0.278 e. The maximum Gasteiger partial charge on any atom is 0.0977 e. The summed E-state index contributed by atoms with van der Waals surface area (Å²) in [5.41, 5.74) is 9.81. The molecular weight excluding hydrogens is 360 g/mol. The lowest BCUT2D eigenvalue weighted by molar-refractivity contribution is 1.26. The third kappa shape index (κ3) is 3.74. The van der Waals surface area contributed by atoms with E-state index >= 15 is 0 Å². The van der Waals surface area contributed by atoms with E-state index in [0.717, 1.165) is 27.0 Å². The molecule has 0 aromatic heterocycles. The van der Waals surface area contributed by atoms with Crippen molar-refractivity contribution in [3.05, 3.63) is 99.5 Å². The minimum absolute atomic E-state index is 0.920. The van der Waals surface area contributed by atoms with Crippen molar-refractivity contribution in [2.45, 2.75) is 13.8 Å². The molecule has 0 amide bonds. The molecule has 1 N–H and O–H groups in total. The van der Waals surface area contributed by atoms with E-state index in [-0.39, 0.29) is 0 Å². The molecule has 24 heavy (non-hydrogen) atoms. The lowest BCUT2D eigenvalue weighted by Crippen LogP contribution is -2.07. The third-order valence-electron chi connectivity index (χ3n) is 4.06. The van der Waals surface area contributed by atoms with E-state index in [0.29, 0.717) is 0 Å². The molecule has 0 aliphatic rings. The number of halogens is 1. The van der Waals surface area contributed by atoms with Gasteiger partial charge in [0.2, 0.25) is 0 Å². The molecule has 0 unspecified atom stereocenters. The Morgan fingerprint density at radius 2 is 1.46 bits per heavy atom. The molecule has 0 saturated carbocycles. The van der Waals surface area contributed by atoms with Crippen molar-refractivity contribution in [2.75, 3.05) is 5.43 Å². The fraction of sp³-hybridized carbons (Fsp3) is 0.0952. The standard InChI is InChI=1S/C21H19BrN2/c1-15-7-6-10-20(16(15)2)23-24-21(17-8-4-3-5-9-17)18-11-13-19(22)14-12-18/h3-14,23H,1-2H3. The van der Waals surface area contributed by atoms with Gasteiger partial charge in [-0.05, 0) is 43.2 Å². The fourth-order valence-electron chi connectivity index (χ4n) is 2.49. The van der Waals surface area contributed by atoms with E-state index in [2.05, 4.69) is 71.6 Å². The summed E-state index contributed by atoms with van der Waals surface area (Å²) in [7, 11) is 0. The average Bonchev–Trinajstić information content (AvgIpc) is 2.61.